The van der Waals surface area contributed by atoms with Crippen LogP contribution in [0.2, 0.25) is 0 Å². The SMILES string of the molecule is COc1cccc(CC(=O)C2(C)CCCO2)c1F. The topological polar surface area (TPSA) is 35.5 Å². The Kier molecular flexibility index (Phi) is 3.66. The monoisotopic (exact) mass is 252 g/mol. The normalized spacial score (nSPS) is 23.1. The van der Waals surface area contributed by atoms with Gasteiger partial charge in [0.15, 0.2) is 17.3 Å². The second kappa shape index (κ2) is 5.06. The largest absolute Gasteiger partial charge is 0.494 e. The van der Waals surface area contributed by atoms with Crippen LogP contribution in [0.25, 0.3) is 0 Å². The Bertz CT molecular complexity index is 450. The van der Waals surface area contributed by atoms with Crippen molar-refractivity contribution in [2.45, 2.75) is 31.8 Å². The third-order valence-corrected chi connectivity index (χ3v) is 3.42. The average molecular weight is 252 g/mol. The molecule has 1 fully saturated rings. The van der Waals surface area contributed by atoms with E-state index in [4.69, 9.17) is 9.47 Å². The summed E-state index contributed by atoms with van der Waals surface area (Å²) in [4.78, 5) is 12.2. The van der Waals surface area contributed by atoms with E-state index in [1.165, 1.54) is 13.2 Å². The fourth-order valence-electron chi connectivity index (χ4n) is 2.21. The molecule has 1 atom stereocenters. The van der Waals surface area contributed by atoms with Crippen LogP contribution in [0.15, 0.2) is 18.2 Å². The van der Waals surface area contributed by atoms with E-state index in [1.54, 1.807) is 19.1 Å². The van der Waals surface area contributed by atoms with Crippen LogP contribution in [0.4, 0.5) is 4.39 Å². The summed E-state index contributed by atoms with van der Waals surface area (Å²) in [5.74, 6) is -0.375. The summed E-state index contributed by atoms with van der Waals surface area (Å²) in [5.41, 5.74) is -0.397. The summed E-state index contributed by atoms with van der Waals surface area (Å²) in [6.07, 6.45) is 1.62. The molecule has 0 bridgehead atoms. The minimum Gasteiger partial charge on any atom is -0.494 e. The lowest BCUT2D eigenvalue weighted by molar-refractivity contribution is -0.136. The maximum atomic E-state index is 13.9. The number of carbonyl (C=O) groups is 1. The number of ether oxygens (including phenoxy) is 2. The van der Waals surface area contributed by atoms with Crippen molar-refractivity contribution < 1.29 is 18.7 Å². The highest BCUT2D eigenvalue weighted by atomic mass is 19.1. The number of methoxy groups -OCH3 is 1. The van der Waals surface area contributed by atoms with Gasteiger partial charge in [-0.05, 0) is 31.4 Å². The van der Waals surface area contributed by atoms with E-state index in [0.717, 1.165) is 6.42 Å². The fraction of sp³-hybridized carbons (Fsp3) is 0.500. The first-order valence-electron chi connectivity index (χ1n) is 6.05. The van der Waals surface area contributed by atoms with Crippen molar-refractivity contribution in [2.24, 2.45) is 0 Å². The van der Waals surface area contributed by atoms with Crippen molar-refractivity contribution in [1.29, 1.82) is 0 Å². The number of hydrogen-bond donors (Lipinski definition) is 0. The number of hydrogen-bond acceptors (Lipinski definition) is 3. The predicted octanol–water partition coefficient (Wildman–Crippen LogP) is 2.52. The zero-order chi connectivity index (χ0) is 13.2. The van der Waals surface area contributed by atoms with Gasteiger partial charge in [-0.15, -0.1) is 0 Å². The number of rotatable bonds is 4. The van der Waals surface area contributed by atoms with E-state index < -0.39 is 11.4 Å². The molecule has 0 amide bonds. The Hall–Kier alpha value is -1.42. The van der Waals surface area contributed by atoms with Crippen LogP contribution >= 0.6 is 0 Å². The van der Waals surface area contributed by atoms with Crippen LogP contribution in [0.5, 0.6) is 5.75 Å². The molecule has 1 saturated heterocycles. The Morgan fingerprint density at radius 3 is 2.94 bits per heavy atom. The van der Waals surface area contributed by atoms with Gasteiger partial charge in [-0.25, -0.2) is 4.39 Å². The summed E-state index contributed by atoms with van der Waals surface area (Å²) in [5, 5.41) is 0. The Labute approximate surface area is 106 Å². The van der Waals surface area contributed by atoms with Gasteiger partial charge < -0.3 is 9.47 Å². The molecule has 3 nitrogen and oxygen atoms in total. The first kappa shape index (κ1) is 13.0. The molecule has 1 aromatic carbocycles. The van der Waals surface area contributed by atoms with Crippen molar-refractivity contribution >= 4 is 5.78 Å². The smallest absolute Gasteiger partial charge is 0.168 e. The second-order valence-corrected chi connectivity index (χ2v) is 4.72. The Morgan fingerprint density at radius 1 is 1.56 bits per heavy atom. The first-order chi connectivity index (χ1) is 8.57. The predicted molar refractivity (Wildman–Crippen MR) is 65.3 cm³/mol. The molecule has 1 aliphatic heterocycles. The molecule has 1 aliphatic rings. The molecule has 0 saturated carbocycles. The molecule has 1 unspecified atom stereocenters. The quantitative estimate of drug-likeness (QED) is 0.826. The average Bonchev–Trinajstić information content (AvgIpc) is 2.80. The highest BCUT2D eigenvalue weighted by molar-refractivity contribution is 5.89. The minimum atomic E-state index is -0.754. The zero-order valence-electron chi connectivity index (χ0n) is 10.7. The van der Waals surface area contributed by atoms with Gasteiger partial charge in [0.1, 0.15) is 5.60 Å². The molecule has 0 aromatic heterocycles. The van der Waals surface area contributed by atoms with Crippen LogP contribution in [0.3, 0.4) is 0 Å². The van der Waals surface area contributed by atoms with Crippen molar-refractivity contribution in [3.63, 3.8) is 0 Å². The number of Topliss-reactive ketones (excluding diaryl/α,β-unsaturated/α-hetero) is 1. The number of halogens is 1. The van der Waals surface area contributed by atoms with Gasteiger partial charge in [0, 0.05) is 13.0 Å². The Morgan fingerprint density at radius 2 is 2.33 bits per heavy atom. The molecule has 18 heavy (non-hydrogen) atoms. The molecule has 0 spiro atoms. The van der Waals surface area contributed by atoms with Gasteiger partial charge in [-0.3, -0.25) is 4.79 Å². The summed E-state index contributed by atoms with van der Waals surface area (Å²) >= 11 is 0. The lowest BCUT2D eigenvalue weighted by Gasteiger charge is -2.21. The lowest BCUT2D eigenvalue weighted by Crippen LogP contribution is -2.35. The third kappa shape index (κ3) is 2.38. The Balaban J connectivity index is 2.16. The molecule has 0 radical (unpaired) electrons. The van der Waals surface area contributed by atoms with Crippen LogP contribution in [-0.4, -0.2) is 25.1 Å². The number of ketones is 1. The van der Waals surface area contributed by atoms with Crippen molar-refractivity contribution in [3.8, 4) is 5.75 Å². The maximum absolute atomic E-state index is 13.9. The van der Waals surface area contributed by atoms with Crippen LogP contribution in [0, 0.1) is 5.82 Å². The van der Waals surface area contributed by atoms with E-state index in [9.17, 15) is 9.18 Å². The molecule has 1 aromatic rings. The van der Waals surface area contributed by atoms with E-state index in [2.05, 4.69) is 0 Å². The lowest BCUT2D eigenvalue weighted by atomic mass is 9.92. The van der Waals surface area contributed by atoms with E-state index in [0.29, 0.717) is 18.6 Å². The van der Waals surface area contributed by atoms with Gasteiger partial charge in [0.25, 0.3) is 0 Å². The minimum absolute atomic E-state index is 0.0412. The standard InChI is InChI=1S/C14H17FO3/c1-14(7-4-8-18-14)12(16)9-10-5-3-6-11(17-2)13(10)15/h3,5-6H,4,7-9H2,1-2H3. The fourth-order valence-corrected chi connectivity index (χ4v) is 2.21. The molecule has 0 N–H and O–H groups in total. The molecular formula is C14H17FO3. The summed E-state index contributed by atoms with van der Waals surface area (Å²) in [6.45, 7) is 2.38. The maximum Gasteiger partial charge on any atom is 0.168 e. The van der Waals surface area contributed by atoms with Crippen LogP contribution in [-0.2, 0) is 16.0 Å². The molecule has 2 rings (SSSR count). The van der Waals surface area contributed by atoms with E-state index in [1.807, 2.05) is 0 Å². The van der Waals surface area contributed by atoms with E-state index >= 15 is 0 Å². The zero-order valence-corrected chi connectivity index (χ0v) is 10.7. The highest BCUT2D eigenvalue weighted by Gasteiger charge is 2.37. The molecule has 4 heteroatoms. The van der Waals surface area contributed by atoms with Gasteiger partial charge in [-0.2, -0.15) is 0 Å². The molecule has 0 aliphatic carbocycles. The third-order valence-electron chi connectivity index (χ3n) is 3.42. The second-order valence-electron chi connectivity index (χ2n) is 4.72. The van der Waals surface area contributed by atoms with Crippen molar-refractivity contribution in [1.82, 2.24) is 0 Å². The van der Waals surface area contributed by atoms with Crippen molar-refractivity contribution in [2.75, 3.05) is 13.7 Å². The van der Waals surface area contributed by atoms with Crippen LogP contribution < -0.4 is 4.74 Å². The van der Waals surface area contributed by atoms with Gasteiger partial charge >= 0.3 is 0 Å². The van der Waals surface area contributed by atoms with Gasteiger partial charge in [0.2, 0.25) is 0 Å². The first-order valence-corrected chi connectivity index (χ1v) is 6.05. The van der Waals surface area contributed by atoms with Crippen molar-refractivity contribution in [3.05, 3.63) is 29.6 Å². The molecule has 98 valence electrons. The summed E-state index contributed by atoms with van der Waals surface area (Å²) < 4.78 is 24.3. The van der Waals surface area contributed by atoms with E-state index in [-0.39, 0.29) is 18.0 Å². The highest BCUT2D eigenvalue weighted by Crippen LogP contribution is 2.28. The molecular weight excluding hydrogens is 235 g/mol. The van der Waals surface area contributed by atoms with Crippen LogP contribution in [0.1, 0.15) is 25.3 Å². The number of carbonyl (C=O) groups excluding carboxylic acids is 1. The molecule has 1 heterocycles. The van der Waals surface area contributed by atoms with Gasteiger partial charge in [0.05, 0.1) is 7.11 Å². The summed E-state index contributed by atoms with van der Waals surface area (Å²) in [7, 11) is 1.41. The summed E-state index contributed by atoms with van der Waals surface area (Å²) in [6, 6.07) is 4.83. The number of benzene rings is 1. The van der Waals surface area contributed by atoms with Gasteiger partial charge in [-0.1, -0.05) is 12.1 Å².